The molecular weight excluding hydrogens is 196 g/mol. The Hall–Kier alpha value is -1.06. The molecule has 0 amide bonds. The molecule has 0 aromatic heterocycles. The minimum absolute atomic E-state index is 0.243. The summed E-state index contributed by atoms with van der Waals surface area (Å²) in [5.41, 5.74) is 0. The van der Waals surface area contributed by atoms with Crippen LogP contribution in [0.2, 0.25) is 0 Å². The maximum Gasteiger partial charge on any atom is 0.320 e. The molecule has 0 aromatic carbocycles. The monoisotopic (exact) mass is 214 g/mol. The number of rotatable bonds is 5. The van der Waals surface area contributed by atoms with E-state index in [0.717, 1.165) is 25.7 Å². The summed E-state index contributed by atoms with van der Waals surface area (Å²) < 4.78 is 4.76. The van der Waals surface area contributed by atoms with E-state index in [4.69, 9.17) is 9.84 Å². The lowest BCUT2D eigenvalue weighted by Crippen LogP contribution is -2.27. The molecular formula is C11H18O4. The van der Waals surface area contributed by atoms with Crippen LogP contribution >= 0.6 is 0 Å². The average Bonchev–Trinajstić information content (AvgIpc) is 2.66. The molecule has 1 aliphatic carbocycles. The second-order valence-electron chi connectivity index (χ2n) is 4.03. The lowest BCUT2D eigenvalue weighted by molar-refractivity contribution is -0.159. The summed E-state index contributed by atoms with van der Waals surface area (Å²) in [7, 11) is 0. The SMILES string of the molecule is CCOC(=O)C(CC1CCCC1)C(=O)O. The van der Waals surface area contributed by atoms with E-state index in [-0.39, 0.29) is 6.61 Å². The Bertz CT molecular complexity index is 231. The number of carbonyl (C=O) groups is 2. The number of aliphatic carboxylic acids is 1. The first-order valence-corrected chi connectivity index (χ1v) is 5.54. The Morgan fingerprint density at radius 2 is 2.00 bits per heavy atom. The average molecular weight is 214 g/mol. The summed E-state index contributed by atoms with van der Waals surface area (Å²) in [4.78, 5) is 22.3. The summed E-state index contributed by atoms with van der Waals surface area (Å²) in [6.07, 6.45) is 4.83. The highest BCUT2D eigenvalue weighted by molar-refractivity contribution is 5.93. The lowest BCUT2D eigenvalue weighted by atomic mass is 9.93. The fourth-order valence-electron chi connectivity index (χ4n) is 2.12. The van der Waals surface area contributed by atoms with Crippen LogP contribution in [0, 0.1) is 11.8 Å². The van der Waals surface area contributed by atoms with Crippen LogP contribution in [0.1, 0.15) is 39.0 Å². The zero-order valence-corrected chi connectivity index (χ0v) is 9.07. The van der Waals surface area contributed by atoms with Crippen molar-refractivity contribution in [2.45, 2.75) is 39.0 Å². The van der Waals surface area contributed by atoms with E-state index in [1.165, 1.54) is 0 Å². The van der Waals surface area contributed by atoms with Gasteiger partial charge in [-0.3, -0.25) is 9.59 Å². The normalized spacial score (nSPS) is 18.7. The number of carbonyl (C=O) groups excluding carboxylic acids is 1. The molecule has 1 aliphatic rings. The van der Waals surface area contributed by atoms with Gasteiger partial charge in [-0.25, -0.2) is 0 Å². The van der Waals surface area contributed by atoms with Crippen molar-refractivity contribution in [2.24, 2.45) is 11.8 Å². The fourth-order valence-corrected chi connectivity index (χ4v) is 2.12. The van der Waals surface area contributed by atoms with Crippen LogP contribution in [0.4, 0.5) is 0 Å². The van der Waals surface area contributed by atoms with Gasteiger partial charge in [-0.1, -0.05) is 25.7 Å². The summed E-state index contributed by atoms with van der Waals surface area (Å²) >= 11 is 0. The number of carboxylic acids is 1. The zero-order valence-electron chi connectivity index (χ0n) is 9.07. The van der Waals surface area contributed by atoms with Gasteiger partial charge in [0.25, 0.3) is 0 Å². The highest BCUT2D eigenvalue weighted by Crippen LogP contribution is 2.30. The Morgan fingerprint density at radius 1 is 1.40 bits per heavy atom. The van der Waals surface area contributed by atoms with E-state index in [1.807, 2.05) is 0 Å². The molecule has 4 heteroatoms. The van der Waals surface area contributed by atoms with Crippen molar-refractivity contribution >= 4 is 11.9 Å². The van der Waals surface area contributed by atoms with Crippen LogP contribution in [-0.2, 0) is 14.3 Å². The fraction of sp³-hybridized carbons (Fsp3) is 0.818. The smallest absolute Gasteiger partial charge is 0.320 e. The number of hydrogen-bond donors (Lipinski definition) is 1. The molecule has 0 spiro atoms. The minimum Gasteiger partial charge on any atom is -0.481 e. The van der Waals surface area contributed by atoms with Crippen molar-refractivity contribution in [1.82, 2.24) is 0 Å². The summed E-state index contributed by atoms with van der Waals surface area (Å²) in [5.74, 6) is -2.22. The Balaban J connectivity index is 2.49. The largest absolute Gasteiger partial charge is 0.481 e. The summed E-state index contributed by atoms with van der Waals surface area (Å²) in [6.45, 7) is 1.93. The molecule has 0 bridgehead atoms. The van der Waals surface area contributed by atoms with Gasteiger partial charge in [0.1, 0.15) is 0 Å². The van der Waals surface area contributed by atoms with E-state index >= 15 is 0 Å². The number of esters is 1. The lowest BCUT2D eigenvalue weighted by Gasteiger charge is -2.15. The third kappa shape index (κ3) is 3.53. The zero-order chi connectivity index (χ0) is 11.3. The summed E-state index contributed by atoms with van der Waals surface area (Å²) in [6, 6.07) is 0. The summed E-state index contributed by atoms with van der Waals surface area (Å²) in [5, 5.41) is 8.93. The van der Waals surface area contributed by atoms with Crippen molar-refractivity contribution in [1.29, 1.82) is 0 Å². The molecule has 0 saturated heterocycles. The number of ether oxygens (including phenoxy) is 1. The number of hydrogen-bond acceptors (Lipinski definition) is 3. The van der Waals surface area contributed by atoms with Crippen LogP contribution in [0.15, 0.2) is 0 Å². The van der Waals surface area contributed by atoms with E-state index < -0.39 is 17.9 Å². The maximum absolute atomic E-state index is 11.4. The molecule has 1 N–H and O–H groups in total. The van der Waals surface area contributed by atoms with Crippen LogP contribution < -0.4 is 0 Å². The van der Waals surface area contributed by atoms with Gasteiger partial charge < -0.3 is 9.84 Å². The standard InChI is InChI=1S/C11H18O4/c1-2-15-11(14)9(10(12)13)7-8-5-3-4-6-8/h8-9H,2-7H2,1H3,(H,12,13). The highest BCUT2D eigenvalue weighted by Gasteiger charge is 2.31. The molecule has 1 saturated carbocycles. The number of carboxylic acid groups (broad SMARTS) is 1. The maximum atomic E-state index is 11.4. The first-order valence-electron chi connectivity index (χ1n) is 5.54. The highest BCUT2D eigenvalue weighted by atomic mass is 16.5. The molecule has 15 heavy (non-hydrogen) atoms. The van der Waals surface area contributed by atoms with Crippen molar-refractivity contribution in [2.75, 3.05) is 6.61 Å². The molecule has 1 atom stereocenters. The minimum atomic E-state index is -1.06. The van der Waals surface area contributed by atoms with Gasteiger partial charge in [0.15, 0.2) is 5.92 Å². The van der Waals surface area contributed by atoms with Crippen LogP contribution in [0.5, 0.6) is 0 Å². The van der Waals surface area contributed by atoms with Gasteiger partial charge in [-0.2, -0.15) is 0 Å². The molecule has 1 fully saturated rings. The van der Waals surface area contributed by atoms with Crippen molar-refractivity contribution in [3.8, 4) is 0 Å². The molecule has 0 heterocycles. The van der Waals surface area contributed by atoms with Crippen LogP contribution in [0.25, 0.3) is 0 Å². The third-order valence-electron chi connectivity index (χ3n) is 2.91. The molecule has 0 aromatic rings. The van der Waals surface area contributed by atoms with Crippen LogP contribution in [-0.4, -0.2) is 23.7 Å². The predicted octanol–water partition coefficient (Wildman–Crippen LogP) is 1.83. The first-order chi connectivity index (χ1) is 7.15. The predicted molar refractivity (Wildman–Crippen MR) is 54.3 cm³/mol. The molecule has 1 rings (SSSR count). The molecule has 4 nitrogen and oxygen atoms in total. The van der Waals surface area contributed by atoms with Gasteiger partial charge in [-0.15, -0.1) is 0 Å². The van der Waals surface area contributed by atoms with Crippen molar-refractivity contribution in [3.63, 3.8) is 0 Å². The second-order valence-corrected chi connectivity index (χ2v) is 4.03. The topological polar surface area (TPSA) is 63.6 Å². The van der Waals surface area contributed by atoms with Gasteiger partial charge >= 0.3 is 11.9 Å². The Kier molecular flexibility index (Phi) is 4.59. The van der Waals surface area contributed by atoms with E-state index in [0.29, 0.717) is 12.3 Å². The molecule has 0 aliphatic heterocycles. The van der Waals surface area contributed by atoms with Gasteiger partial charge in [0, 0.05) is 0 Å². The molecule has 1 unspecified atom stereocenters. The van der Waals surface area contributed by atoms with E-state index in [1.54, 1.807) is 6.92 Å². The van der Waals surface area contributed by atoms with Crippen LogP contribution in [0.3, 0.4) is 0 Å². The van der Waals surface area contributed by atoms with Crippen molar-refractivity contribution < 1.29 is 19.4 Å². The molecule has 0 radical (unpaired) electrons. The Labute approximate surface area is 89.6 Å². The van der Waals surface area contributed by atoms with E-state index in [2.05, 4.69) is 0 Å². The first kappa shape index (κ1) is 12.0. The van der Waals surface area contributed by atoms with Gasteiger partial charge in [-0.05, 0) is 19.3 Å². The van der Waals surface area contributed by atoms with Crippen molar-refractivity contribution in [3.05, 3.63) is 0 Å². The molecule has 86 valence electrons. The quantitative estimate of drug-likeness (QED) is 0.560. The van der Waals surface area contributed by atoms with Gasteiger partial charge in [0.2, 0.25) is 0 Å². The van der Waals surface area contributed by atoms with E-state index in [9.17, 15) is 9.59 Å². The second kappa shape index (κ2) is 5.73. The third-order valence-corrected chi connectivity index (χ3v) is 2.91. The Morgan fingerprint density at radius 3 is 2.47 bits per heavy atom. The van der Waals surface area contributed by atoms with Gasteiger partial charge in [0.05, 0.1) is 6.61 Å².